The lowest BCUT2D eigenvalue weighted by molar-refractivity contribution is -0.144. The number of nitrogens with one attached hydrogen (secondary N) is 2. The molecule has 10 nitrogen and oxygen atoms in total. The van der Waals surface area contributed by atoms with Crippen molar-refractivity contribution in [3.05, 3.63) is 30.1 Å². The minimum Gasteiger partial charge on any atom is -0.356 e. The molecule has 0 radical (unpaired) electrons. The molecule has 6 atom stereocenters. The number of piperidine rings is 1. The van der Waals surface area contributed by atoms with Crippen LogP contribution in [0.3, 0.4) is 0 Å². The van der Waals surface area contributed by atoms with E-state index in [-0.39, 0.29) is 40.4 Å². The molecular formula is C28H36FN5O5S. The lowest BCUT2D eigenvalue weighted by Gasteiger charge is -2.36. The number of rotatable bonds is 8. The van der Waals surface area contributed by atoms with Crippen LogP contribution in [0.4, 0.5) is 4.39 Å². The van der Waals surface area contributed by atoms with Gasteiger partial charge in [-0.25, -0.2) is 4.39 Å². The van der Waals surface area contributed by atoms with Gasteiger partial charge in [0.15, 0.2) is 0 Å². The summed E-state index contributed by atoms with van der Waals surface area (Å²) < 4.78 is 42.6. The molecular weight excluding hydrogens is 537 g/mol. The van der Waals surface area contributed by atoms with Gasteiger partial charge >= 0.3 is 0 Å². The molecule has 1 aromatic rings. The van der Waals surface area contributed by atoms with Crippen molar-refractivity contribution in [1.29, 1.82) is 5.26 Å². The van der Waals surface area contributed by atoms with Crippen LogP contribution in [0.2, 0.25) is 0 Å². The van der Waals surface area contributed by atoms with Crippen molar-refractivity contribution in [1.82, 2.24) is 15.5 Å². The van der Waals surface area contributed by atoms with Crippen LogP contribution in [0.5, 0.6) is 0 Å². The van der Waals surface area contributed by atoms with E-state index in [0.717, 1.165) is 30.5 Å². The summed E-state index contributed by atoms with van der Waals surface area (Å²) in [5, 5.41) is 15.2. The number of benzene rings is 1. The van der Waals surface area contributed by atoms with Gasteiger partial charge in [-0.05, 0) is 59.8 Å². The Morgan fingerprint density at radius 2 is 1.95 bits per heavy atom. The molecule has 1 saturated carbocycles. The molecule has 0 bridgehead atoms. The van der Waals surface area contributed by atoms with Crippen molar-refractivity contribution in [2.45, 2.75) is 64.4 Å². The first-order valence-corrected chi connectivity index (χ1v) is 14.9. The summed E-state index contributed by atoms with van der Waals surface area (Å²) >= 11 is 0. The third kappa shape index (κ3) is 5.75. The minimum atomic E-state index is -4.19. The monoisotopic (exact) mass is 573 g/mol. The maximum Gasteiger partial charge on any atom is 0.281 e. The summed E-state index contributed by atoms with van der Waals surface area (Å²) in [5.74, 6) is -3.00. The molecule has 3 amide bonds. The number of hydrogen-bond acceptors (Lipinski definition) is 6. The molecule has 216 valence electrons. The zero-order valence-electron chi connectivity index (χ0n) is 23.3. The van der Waals surface area contributed by atoms with E-state index in [4.69, 9.17) is 0 Å². The van der Waals surface area contributed by atoms with Crippen molar-refractivity contribution in [2.75, 3.05) is 13.1 Å². The molecule has 0 spiro atoms. The maximum absolute atomic E-state index is 14.0. The van der Waals surface area contributed by atoms with E-state index < -0.39 is 51.1 Å². The third-order valence-corrected chi connectivity index (χ3v) is 9.84. The van der Waals surface area contributed by atoms with Gasteiger partial charge in [0.05, 0.1) is 16.9 Å². The van der Waals surface area contributed by atoms with Gasteiger partial charge in [-0.15, -0.1) is 0 Å². The fourth-order valence-electron chi connectivity index (χ4n) is 6.01. The topological polar surface area (TPSA) is 149 Å². The van der Waals surface area contributed by atoms with Crippen LogP contribution in [0, 0.1) is 51.6 Å². The number of carbonyl (C=O) groups is 3. The van der Waals surface area contributed by atoms with Crippen molar-refractivity contribution < 1.29 is 27.2 Å². The van der Waals surface area contributed by atoms with Crippen LogP contribution < -0.4 is 10.6 Å². The Hall–Kier alpha value is -3.33. The van der Waals surface area contributed by atoms with E-state index in [1.165, 1.54) is 4.90 Å². The second-order valence-corrected chi connectivity index (χ2v) is 14.3. The Balaban J connectivity index is 1.56. The molecule has 2 aliphatic heterocycles. The number of halogens is 1. The summed E-state index contributed by atoms with van der Waals surface area (Å²) in [6.07, 6.45) is 1.87. The average Bonchev–Trinajstić information content (AvgIpc) is 3.21. The predicted octanol–water partition coefficient (Wildman–Crippen LogP) is 2.27. The quantitative estimate of drug-likeness (QED) is 0.456. The van der Waals surface area contributed by atoms with Gasteiger partial charge in [0.25, 0.3) is 10.0 Å². The largest absolute Gasteiger partial charge is 0.356 e. The van der Waals surface area contributed by atoms with Crippen molar-refractivity contribution in [3.8, 4) is 6.07 Å². The van der Waals surface area contributed by atoms with E-state index in [1.807, 2.05) is 13.8 Å². The number of sulfonamides is 1. The van der Waals surface area contributed by atoms with Crippen LogP contribution in [0.15, 0.2) is 33.6 Å². The number of likely N-dealkylation sites (tertiary alicyclic amines) is 1. The number of amides is 3. The molecule has 2 saturated heterocycles. The molecule has 2 N–H and O–H groups in total. The highest BCUT2D eigenvalue weighted by Crippen LogP contribution is 2.65. The van der Waals surface area contributed by atoms with E-state index in [0.29, 0.717) is 19.5 Å². The zero-order chi connectivity index (χ0) is 29.6. The Morgan fingerprint density at radius 1 is 1.30 bits per heavy atom. The van der Waals surface area contributed by atoms with Gasteiger partial charge < -0.3 is 15.5 Å². The Morgan fingerprint density at radius 3 is 2.50 bits per heavy atom. The average molecular weight is 574 g/mol. The third-order valence-electron chi connectivity index (χ3n) is 8.57. The first-order valence-electron chi connectivity index (χ1n) is 13.4. The van der Waals surface area contributed by atoms with Crippen LogP contribution in [0.25, 0.3) is 0 Å². The lowest BCUT2D eigenvalue weighted by atomic mass is 9.80. The molecule has 12 heteroatoms. The molecule has 40 heavy (non-hydrogen) atoms. The fraction of sp³-hybridized carbons (Fsp3) is 0.607. The lowest BCUT2D eigenvalue weighted by Crippen LogP contribution is -2.54. The molecule has 3 aliphatic rings. The van der Waals surface area contributed by atoms with Gasteiger partial charge in [-0.3, -0.25) is 14.4 Å². The second kappa shape index (κ2) is 10.6. The highest BCUT2D eigenvalue weighted by Gasteiger charge is 2.69. The van der Waals surface area contributed by atoms with E-state index in [1.54, 1.807) is 20.8 Å². The molecule has 2 heterocycles. The number of nitrogens with zero attached hydrogens (tertiary/aromatic N) is 3. The summed E-state index contributed by atoms with van der Waals surface area (Å²) in [4.78, 5) is 40.8. The fourth-order valence-corrected chi connectivity index (χ4v) is 6.90. The Bertz CT molecular complexity index is 1360. The van der Waals surface area contributed by atoms with E-state index in [9.17, 15) is 32.5 Å². The summed E-state index contributed by atoms with van der Waals surface area (Å²) in [6, 6.07) is 4.59. The molecule has 3 fully saturated rings. The standard InChI is InChI=1S/C28H36FN5O5S/c1-27(2,3)20(14-32-40(38,39)19-8-6-17(29)7-9-19)26(37)34-15-21-22(28(21,4)5)23(34)25(36)33-18(13-30)12-16-10-11-31-24(16)35/h6-9,14,16,18,20-23H,10-12,15H2,1-5H3,(H,31,35)(H,33,36)/b32-14+/t16-,18-,20?,21-,22?,23-/m0/s1. The first-order chi connectivity index (χ1) is 18.6. The van der Waals surface area contributed by atoms with Crippen LogP contribution in [-0.2, 0) is 24.4 Å². The van der Waals surface area contributed by atoms with Crippen LogP contribution >= 0.6 is 0 Å². The van der Waals surface area contributed by atoms with Gasteiger partial charge in [0, 0.05) is 25.2 Å². The zero-order valence-corrected chi connectivity index (χ0v) is 24.2. The molecule has 0 aromatic heterocycles. The Kier molecular flexibility index (Phi) is 7.84. The highest BCUT2D eigenvalue weighted by atomic mass is 32.2. The number of carbonyl (C=O) groups excluding carboxylic acids is 3. The second-order valence-electron chi connectivity index (χ2n) is 12.6. The normalized spacial score (nSPS) is 27.0. The van der Waals surface area contributed by atoms with Crippen LogP contribution in [-0.4, -0.2) is 62.4 Å². The molecule has 2 unspecified atom stereocenters. The Labute approximate surface area is 234 Å². The summed E-state index contributed by atoms with van der Waals surface area (Å²) in [7, 11) is -4.19. The molecule has 1 aliphatic carbocycles. The van der Waals surface area contributed by atoms with Crippen molar-refractivity contribution >= 4 is 34.0 Å². The van der Waals surface area contributed by atoms with E-state index in [2.05, 4.69) is 21.1 Å². The van der Waals surface area contributed by atoms with Gasteiger partial charge in [-0.1, -0.05) is 34.6 Å². The van der Waals surface area contributed by atoms with Crippen molar-refractivity contribution in [3.63, 3.8) is 0 Å². The van der Waals surface area contributed by atoms with Crippen molar-refractivity contribution in [2.24, 2.45) is 38.9 Å². The van der Waals surface area contributed by atoms with E-state index >= 15 is 0 Å². The van der Waals surface area contributed by atoms with Gasteiger partial charge in [0.2, 0.25) is 17.7 Å². The van der Waals surface area contributed by atoms with Gasteiger partial charge in [-0.2, -0.15) is 18.1 Å². The number of fused-ring (bicyclic) bond motifs is 1. The maximum atomic E-state index is 14.0. The molecule has 1 aromatic carbocycles. The smallest absolute Gasteiger partial charge is 0.281 e. The number of hydrogen-bond donors (Lipinski definition) is 2. The minimum absolute atomic E-state index is 0.0776. The van der Waals surface area contributed by atoms with Crippen LogP contribution in [0.1, 0.15) is 47.5 Å². The first kappa shape index (κ1) is 29.6. The highest BCUT2D eigenvalue weighted by molar-refractivity contribution is 7.90. The van der Waals surface area contributed by atoms with Gasteiger partial charge in [0.1, 0.15) is 17.9 Å². The summed E-state index contributed by atoms with van der Waals surface area (Å²) in [6.45, 7) is 10.3. The number of nitriles is 1. The molecule has 4 rings (SSSR count). The summed E-state index contributed by atoms with van der Waals surface area (Å²) in [5.41, 5.74) is -0.920. The SMILES string of the molecule is CC(C)(C)C(/C=N/S(=O)(=O)c1ccc(F)cc1)C(=O)N1C[C@H]2C([C@H]1C(=O)N[C@H](C#N)C[C@@H]1CCNC1=O)C2(C)C. The predicted molar refractivity (Wildman–Crippen MR) is 145 cm³/mol.